The van der Waals surface area contributed by atoms with Crippen LogP contribution in [0.4, 0.5) is 14.5 Å². The summed E-state index contributed by atoms with van der Waals surface area (Å²) in [6.45, 7) is 1.99. The van der Waals surface area contributed by atoms with Gasteiger partial charge in [-0.05, 0) is 53.2 Å². The Morgan fingerprint density at radius 2 is 1.94 bits per heavy atom. The Labute approximate surface area is 195 Å². The number of halogens is 3. The minimum Gasteiger partial charge on any atom is -0.322 e. The molecule has 0 unspecified atom stereocenters. The number of aryl methyl sites for hydroxylation is 1. The standard InChI is InChI=1S/C22H16BrF2N5OS/c1-13-4-6-16(7-5-13)30-21(14-3-2-8-26-11-14)28-29-22(30)32-12-19(31)27-20-17(23)9-15(24)10-18(20)25/h2-11H,12H2,1H3,(H,27,31). The number of thioether (sulfide) groups is 1. The number of nitrogens with zero attached hydrogens (tertiary/aromatic N) is 4. The highest BCUT2D eigenvalue weighted by Gasteiger charge is 2.19. The van der Waals surface area contributed by atoms with Gasteiger partial charge >= 0.3 is 0 Å². The number of rotatable bonds is 6. The lowest BCUT2D eigenvalue weighted by Gasteiger charge is -2.11. The maximum absolute atomic E-state index is 14.0. The van der Waals surface area contributed by atoms with Gasteiger partial charge in [0.25, 0.3) is 0 Å². The number of pyridine rings is 1. The molecule has 1 N–H and O–H groups in total. The van der Waals surface area contributed by atoms with E-state index >= 15 is 0 Å². The van der Waals surface area contributed by atoms with Crippen LogP contribution in [0.15, 0.2) is 70.6 Å². The molecular formula is C22H16BrF2N5OS. The summed E-state index contributed by atoms with van der Waals surface area (Å²) in [6, 6.07) is 13.3. The third-order valence-electron chi connectivity index (χ3n) is 4.45. The summed E-state index contributed by atoms with van der Waals surface area (Å²) in [5.74, 6) is -1.55. The van der Waals surface area contributed by atoms with E-state index in [0.29, 0.717) is 17.0 Å². The molecule has 1 amide bonds. The predicted molar refractivity (Wildman–Crippen MR) is 123 cm³/mol. The molecule has 4 aromatic rings. The molecule has 0 saturated heterocycles. The van der Waals surface area contributed by atoms with Gasteiger partial charge in [0.05, 0.1) is 11.4 Å². The molecule has 0 bridgehead atoms. The molecule has 32 heavy (non-hydrogen) atoms. The molecule has 0 aliphatic heterocycles. The van der Waals surface area contributed by atoms with E-state index in [1.54, 1.807) is 18.5 Å². The van der Waals surface area contributed by atoms with Gasteiger partial charge in [-0.15, -0.1) is 10.2 Å². The van der Waals surface area contributed by atoms with Gasteiger partial charge in [0.15, 0.2) is 16.8 Å². The lowest BCUT2D eigenvalue weighted by Crippen LogP contribution is -2.16. The molecule has 0 aliphatic rings. The number of amides is 1. The number of nitrogens with one attached hydrogen (secondary N) is 1. The van der Waals surface area contributed by atoms with Crippen LogP contribution in [-0.2, 0) is 4.79 Å². The molecule has 0 atom stereocenters. The summed E-state index contributed by atoms with van der Waals surface area (Å²) in [6.07, 6.45) is 3.35. The summed E-state index contributed by atoms with van der Waals surface area (Å²) < 4.78 is 29.3. The van der Waals surface area contributed by atoms with Crippen molar-refractivity contribution >= 4 is 39.3 Å². The van der Waals surface area contributed by atoms with Crippen molar-refractivity contribution in [1.82, 2.24) is 19.7 Å². The molecule has 0 radical (unpaired) electrons. The number of carbonyl (C=O) groups is 1. The first kappa shape index (κ1) is 22.1. The van der Waals surface area contributed by atoms with Gasteiger partial charge in [-0.25, -0.2) is 8.78 Å². The first-order chi connectivity index (χ1) is 15.4. The van der Waals surface area contributed by atoms with Gasteiger partial charge in [0.2, 0.25) is 5.91 Å². The van der Waals surface area contributed by atoms with Crippen molar-refractivity contribution in [3.8, 4) is 17.1 Å². The third kappa shape index (κ3) is 4.86. The van der Waals surface area contributed by atoms with E-state index in [2.05, 4.69) is 36.4 Å². The number of benzene rings is 2. The van der Waals surface area contributed by atoms with Gasteiger partial charge in [-0.3, -0.25) is 14.3 Å². The lowest BCUT2D eigenvalue weighted by molar-refractivity contribution is -0.113. The second-order valence-electron chi connectivity index (χ2n) is 6.80. The Kier molecular flexibility index (Phi) is 6.61. The van der Waals surface area contributed by atoms with E-state index < -0.39 is 17.5 Å². The fraction of sp³-hybridized carbons (Fsp3) is 0.0909. The fourth-order valence-corrected chi connectivity index (χ4v) is 4.20. The highest BCUT2D eigenvalue weighted by molar-refractivity contribution is 9.10. The summed E-state index contributed by atoms with van der Waals surface area (Å²) in [7, 11) is 0. The topological polar surface area (TPSA) is 72.7 Å². The second-order valence-corrected chi connectivity index (χ2v) is 8.60. The van der Waals surface area contributed by atoms with E-state index in [-0.39, 0.29) is 15.9 Å². The fourth-order valence-electron chi connectivity index (χ4n) is 2.94. The first-order valence-corrected chi connectivity index (χ1v) is 11.2. The summed E-state index contributed by atoms with van der Waals surface area (Å²) >= 11 is 4.21. The molecule has 0 aliphatic carbocycles. The van der Waals surface area contributed by atoms with E-state index in [4.69, 9.17) is 0 Å². The van der Waals surface area contributed by atoms with Crippen LogP contribution in [0.1, 0.15) is 5.56 Å². The molecule has 2 heterocycles. The van der Waals surface area contributed by atoms with Crippen LogP contribution in [0.5, 0.6) is 0 Å². The highest BCUT2D eigenvalue weighted by Crippen LogP contribution is 2.29. The second kappa shape index (κ2) is 9.58. The SMILES string of the molecule is Cc1ccc(-n2c(SCC(=O)Nc3c(F)cc(F)cc3Br)nnc2-c2cccnc2)cc1. The van der Waals surface area contributed by atoms with Crippen LogP contribution in [0.2, 0.25) is 0 Å². The van der Waals surface area contributed by atoms with Gasteiger partial charge in [-0.1, -0.05) is 29.5 Å². The Morgan fingerprint density at radius 1 is 1.16 bits per heavy atom. The summed E-state index contributed by atoms with van der Waals surface area (Å²) in [5.41, 5.74) is 2.59. The maximum Gasteiger partial charge on any atom is 0.234 e. The van der Waals surface area contributed by atoms with Crippen molar-refractivity contribution in [2.24, 2.45) is 0 Å². The molecule has 10 heteroatoms. The quantitative estimate of drug-likeness (QED) is 0.347. The van der Waals surface area contributed by atoms with E-state index in [1.807, 2.05) is 41.8 Å². The monoisotopic (exact) mass is 515 g/mol. The van der Waals surface area contributed by atoms with Gasteiger partial charge in [0, 0.05) is 34.2 Å². The molecule has 162 valence electrons. The first-order valence-electron chi connectivity index (χ1n) is 9.42. The van der Waals surface area contributed by atoms with Gasteiger partial charge in [-0.2, -0.15) is 0 Å². The summed E-state index contributed by atoms with van der Waals surface area (Å²) in [4.78, 5) is 16.6. The zero-order valence-corrected chi connectivity index (χ0v) is 19.1. The number of aromatic nitrogens is 4. The van der Waals surface area contributed by atoms with Crippen LogP contribution >= 0.6 is 27.7 Å². The Bertz CT molecular complexity index is 1240. The van der Waals surface area contributed by atoms with Crippen LogP contribution in [-0.4, -0.2) is 31.4 Å². The molecule has 2 aromatic carbocycles. The van der Waals surface area contributed by atoms with Crippen molar-refractivity contribution < 1.29 is 13.6 Å². The minimum absolute atomic E-state index is 0.0553. The molecular weight excluding hydrogens is 500 g/mol. The average Bonchev–Trinajstić information content (AvgIpc) is 3.20. The Morgan fingerprint density at radius 3 is 2.62 bits per heavy atom. The molecule has 6 nitrogen and oxygen atoms in total. The number of hydrogen-bond acceptors (Lipinski definition) is 5. The lowest BCUT2D eigenvalue weighted by atomic mass is 10.2. The van der Waals surface area contributed by atoms with Gasteiger partial charge < -0.3 is 5.32 Å². The van der Waals surface area contributed by atoms with Crippen molar-refractivity contribution in [3.05, 3.63) is 82.6 Å². The Hall–Kier alpha value is -3.11. The zero-order valence-electron chi connectivity index (χ0n) is 16.7. The van der Waals surface area contributed by atoms with Crippen LogP contribution in [0, 0.1) is 18.6 Å². The predicted octanol–water partition coefficient (Wildman–Crippen LogP) is 5.41. The molecule has 0 spiro atoms. The number of carbonyl (C=O) groups excluding carboxylic acids is 1. The van der Waals surface area contributed by atoms with E-state index in [1.165, 1.54) is 0 Å². The molecule has 0 saturated carbocycles. The van der Waals surface area contributed by atoms with E-state index in [9.17, 15) is 13.6 Å². The highest BCUT2D eigenvalue weighted by atomic mass is 79.9. The molecule has 2 aromatic heterocycles. The van der Waals surface area contributed by atoms with Crippen LogP contribution in [0.3, 0.4) is 0 Å². The number of anilines is 1. The van der Waals surface area contributed by atoms with Crippen LogP contribution < -0.4 is 5.32 Å². The molecule has 0 fully saturated rings. The van der Waals surface area contributed by atoms with Crippen molar-refractivity contribution in [3.63, 3.8) is 0 Å². The normalized spacial score (nSPS) is 10.9. The van der Waals surface area contributed by atoms with Crippen molar-refractivity contribution in [2.75, 3.05) is 11.1 Å². The third-order valence-corrected chi connectivity index (χ3v) is 6.00. The van der Waals surface area contributed by atoms with Crippen molar-refractivity contribution in [2.45, 2.75) is 12.1 Å². The maximum atomic E-state index is 14.0. The van der Waals surface area contributed by atoms with Crippen molar-refractivity contribution in [1.29, 1.82) is 0 Å². The van der Waals surface area contributed by atoms with E-state index in [0.717, 1.165) is 34.6 Å². The smallest absolute Gasteiger partial charge is 0.234 e. The van der Waals surface area contributed by atoms with Crippen LogP contribution in [0.25, 0.3) is 17.1 Å². The largest absolute Gasteiger partial charge is 0.322 e. The molecule has 4 rings (SSSR count). The summed E-state index contributed by atoms with van der Waals surface area (Å²) in [5, 5.41) is 11.5. The average molecular weight is 516 g/mol. The van der Waals surface area contributed by atoms with Gasteiger partial charge in [0.1, 0.15) is 5.82 Å². The number of hydrogen-bond donors (Lipinski definition) is 1. The minimum atomic E-state index is -0.864. The zero-order chi connectivity index (χ0) is 22.7. The Balaban J connectivity index is 1.59.